The predicted octanol–water partition coefficient (Wildman–Crippen LogP) is 1.42. The first-order valence-corrected chi connectivity index (χ1v) is 6.18. The zero-order chi connectivity index (χ0) is 14.7. The number of carboxylic acids is 1. The van der Waals surface area contributed by atoms with Crippen molar-refractivity contribution in [2.24, 2.45) is 11.5 Å². The third kappa shape index (κ3) is 3.24. The summed E-state index contributed by atoms with van der Waals surface area (Å²) in [7, 11) is 1.59. The van der Waals surface area contributed by atoms with Gasteiger partial charge in [0, 0.05) is 11.6 Å². The zero-order valence-corrected chi connectivity index (χ0v) is 11.9. The maximum Gasteiger partial charge on any atom is 0.320 e. The number of carboxylic acid groups (broad SMARTS) is 1. The molecule has 0 bridgehead atoms. The topological polar surface area (TPSA) is 98.6 Å². The minimum Gasteiger partial charge on any atom is -0.496 e. The number of aliphatic carboxylic acids is 1. The van der Waals surface area contributed by atoms with Crippen LogP contribution in [0.1, 0.15) is 34.7 Å². The van der Waals surface area contributed by atoms with Crippen molar-refractivity contribution in [1.82, 2.24) is 0 Å². The van der Waals surface area contributed by atoms with Crippen LogP contribution in [0.2, 0.25) is 0 Å². The summed E-state index contributed by atoms with van der Waals surface area (Å²) in [5.74, 6) is -0.321. The molecule has 1 rings (SSSR count). The summed E-state index contributed by atoms with van der Waals surface area (Å²) in [6.45, 7) is 5.90. The van der Waals surface area contributed by atoms with Crippen molar-refractivity contribution in [3.8, 4) is 5.75 Å². The van der Waals surface area contributed by atoms with Crippen LogP contribution >= 0.6 is 0 Å². The summed E-state index contributed by atoms with van der Waals surface area (Å²) in [4.78, 5) is 10.8. The number of hydrogen-bond acceptors (Lipinski definition) is 4. The van der Waals surface area contributed by atoms with E-state index in [0.29, 0.717) is 0 Å². The van der Waals surface area contributed by atoms with Gasteiger partial charge in [0.25, 0.3) is 0 Å². The van der Waals surface area contributed by atoms with E-state index in [-0.39, 0.29) is 6.42 Å². The fourth-order valence-electron chi connectivity index (χ4n) is 2.29. The van der Waals surface area contributed by atoms with E-state index in [2.05, 4.69) is 0 Å². The van der Waals surface area contributed by atoms with Gasteiger partial charge in [-0.05, 0) is 43.9 Å². The van der Waals surface area contributed by atoms with Crippen LogP contribution < -0.4 is 16.2 Å². The van der Waals surface area contributed by atoms with E-state index in [1.54, 1.807) is 7.11 Å². The Morgan fingerprint density at radius 3 is 2.37 bits per heavy atom. The maximum atomic E-state index is 10.8. The van der Waals surface area contributed by atoms with E-state index < -0.39 is 18.1 Å². The number of nitrogens with two attached hydrogens (primary N) is 2. The van der Waals surface area contributed by atoms with E-state index in [9.17, 15) is 4.79 Å². The second-order valence-electron chi connectivity index (χ2n) is 4.87. The van der Waals surface area contributed by atoms with Crippen LogP contribution in [0.5, 0.6) is 5.75 Å². The molecular weight excluding hydrogens is 244 g/mol. The summed E-state index contributed by atoms with van der Waals surface area (Å²) in [6, 6.07) is 0.598. The Bertz CT molecular complexity index is 486. The van der Waals surface area contributed by atoms with Crippen molar-refractivity contribution in [1.29, 1.82) is 0 Å². The largest absolute Gasteiger partial charge is 0.496 e. The van der Waals surface area contributed by atoms with Gasteiger partial charge in [-0.3, -0.25) is 4.79 Å². The van der Waals surface area contributed by atoms with E-state index in [4.69, 9.17) is 21.3 Å². The number of carbonyl (C=O) groups is 1. The molecule has 0 aromatic heterocycles. The molecule has 2 unspecified atom stereocenters. The number of aryl methyl sites for hydroxylation is 2. The Balaban J connectivity index is 3.19. The van der Waals surface area contributed by atoms with Gasteiger partial charge >= 0.3 is 5.97 Å². The molecule has 0 radical (unpaired) electrons. The molecule has 0 saturated heterocycles. The number of benzene rings is 1. The third-order valence-electron chi connectivity index (χ3n) is 3.43. The summed E-state index contributed by atoms with van der Waals surface area (Å²) in [6.07, 6.45) is 0.176. The van der Waals surface area contributed by atoms with Crippen molar-refractivity contribution >= 4 is 5.97 Å². The Morgan fingerprint density at radius 1 is 1.32 bits per heavy atom. The molecule has 5 heteroatoms. The number of rotatable bonds is 5. The normalized spacial score (nSPS) is 14.0. The summed E-state index contributed by atoms with van der Waals surface area (Å²) >= 11 is 0. The highest BCUT2D eigenvalue weighted by atomic mass is 16.5. The van der Waals surface area contributed by atoms with Gasteiger partial charge in [0.05, 0.1) is 7.11 Å². The first kappa shape index (κ1) is 15.5. The minimum absolute atomic E-state index is 0.176. The quantitative estimate of drug-likeness (QED) is 0.748. The molecule has 0 amide bonds. The second kappa shape index (κ2) is 6.04. The lowest BCUT2D eigenvalue weighted by Gasteiger charge is -2.22. The molecule has 0 fully saturated rings. The molecule has 1 aromatic carbocycles. The van der Waals surface area contributed by atoms with E-state index in [0.717, 1.165) is 28.0 Å². The van der Waals surface area contributed by atoms with Crippen LogP contribution in [-0.2, 0) is 4.79 Å². The molecule has 2 atom stereocenters. The van der Waals surface area contributed by atoms with Crippen LogP contribution in [0.3, 0.4) is 0 Å². The molecule has 19 heavy (non-hydrogen) atoms. The van der Waals surface area contributed by atoms with Gasteiger partial charge < -0.3 is 21.3 Å². The Morgan fingerprint density at radius 2 is 1.89 bits per heavy atom. The van der Waals surface area contributed by atoms with E-state index in [1.165, 1.54) is 0 Å². The van der Waals surface area contributed by atoms with E-state index in [1.807, 2.05) is 26.8 Å². The first-order chi connectivity index (χ1) is 8.79. The number of methoxy groups -OCH3 is 1. The lowest BCUT2D eigenvalue weighted by atomic mass is 9.91. The van der Waals surface area contributed by atoms with Gasteiger partial charge in [-0.2, -0.15) is 0 Å². The fourth-order valence-corrected chi connectivity index (χ4v) is 2.29. The van der Waals surface area contributed by atoms with E-state index >= 15 is 0 Å². The number of ether oxygens (including phenoxy) is 1. The first-order valence-electron chi connectivity index (χ1n) is 6.18. The van der Waals surface area contributed by atoms with Crippen molar-refractivity contribution in [2.75, 3.05) is 7.11 Å². The molecular formula is C14H22N2O3. The van der Waals surface area contributed by atoms with Gasteiger partial charge in [0.2, 0.25) is 0 Å². The van der Waals surface area contributed by atoms with Crippen LogP contribution in [0, 0.1) is 20.8 Å². The molecule has 0 aliphatic rings. The van der Waals surface area contributed by atoms with Gasteiger partial charge in [-0.15, -0.1) is 0 Å². The molecule has 5 nitrogen and oxygen atoms in total. The average molecular weight is 266 g/mol. The molecule has 1 aromatic rings. The molecule has 0 saturated carbocycles. The van der Waals surface area contributed by atoms with Crippen molar-refractivity contribution in [3.63, 3.8) is 0 Å². The lowest BCUT2D eigenvalue weighted by Crippen LogP contribution is -2.34. The Kier molecular flexibility index (Phi) is 4.91. The lowest BCUT2D eigenvalue weighted by molar-refractivity contribution is -0.138. The SMILES string of the molecule is COc1c(C)c(C)cc(C)c1C(N)CC(N)C(=O)O. The fraction of sp³-hybridized carbons (Fsp3) is 0.500. The second-order valence-corrected chi connectivity index (χ2v) is 4.87. The van der Waals surface area contributed by atoms with Crippen LogP contribution in [0.15, 0.2) is 6.07 Å². The standard InChI is InChI=1S/C14H22N2O3/c1-7-5-8(2)12(13(19-4)9(7)3)10(15)6-11(16)14(17)18/h5,10-11H,6,15-16H2,1-4H3,(H,17,18). The van der Waals surface area contributed by atoms with Gasteiger partial charge in [0.15, 0.2) is 0 Å². The van der Waals surface area contributed by atoms with Crippen LogP contribution in [0.4, 0.5) is 0 Å². The predicted molar refractivity (Wildman–Crippen MR) is 74.4 cm³/mol. The highest BCUT2D eigenvalue weighted by molar-refractivity contribution is 5.73. The maximum absolute atomic E-state index is 10.8. The average Bonchev–Trinajstić information content (AvgIpc) is 2.32. The molecule has 0 heterocycles. The molecule has 0 aliphatic carbocycles. The van der Waals surface area contributed by atoms with Crippen molar-refractivity contribution < 1.29 is 14.6 Å². The highest BCUT2D eigenvalue weighted by Crippen LogP contribution is 2.34. The molecule has 0 spiro atoms. The minimum atomic E-state index is -1.05. The molecule has 0 aliphatic heterocycles. The Labute approximate surface area is 113 Å². The van der Waals surface area contributed by atoms with Crippen LogP contribution in [0.25, 0.3) is 0 Å². The smallest absolute Gasteiger partial charge is 0.320 e. The zero-order valence-electron chi connectivity index (χ0n) is 11.9. The highest BCUT2D eigenvalue weighted by Gasteiger charge is 2.23. The third-order valence-corrected chi connectivity index (χ3v) is 3.43. The van der Waals surface area contributed by atoms with Gasteiger partial charge in [-0.1, -0.05) is 6.07 Å². The Hall–Kier alpha value is -1.59. The summed E-state index contributed by atoms with van der Waals surface area (Å²) in [5, 5.41) is 8.86. The van der Waals surface area contributed by atoms with Crippen molar-refractivity contribution in [2.45, 2.75) is 39.3 Å². The molecule has 5 N–H and O–H groups in total. The van der Waals surface area contributed by atoms with Gasteiger partial charge in [-0.25, -0.2) is 0 Å². The van der Waals surface area contributed by atoms with Gasteiger partial charge in [0.1, 0.15) is 11.8 Å². The van der Waals surface area contributed by atoms with Crippen molar-refractivity contribution in [3.05, 3.63) is 28.3 Å². The summed E-state index contributed by atoms with van der Waals surface area (Å²) < 4.78 is 5.43. The summed E-state index contributed by atoms with van der Waals surface area (Å²) in [5.41, 5.74) is 15.6. The monoisotopic (exact) mass is 266 g/mol. The van der Waals surface area contributed by atoms with Crippen LogP contribution in [-0.4, -0.2) is 24.2 Å². The number of hydrogen-bond donors (Lipinski definition) is 3. The molecule has 106 valence electrons.